The molecule has 18 heavy (non-hydrogen) atoms. The maximum Gasteiger partial charge on any atom is 0.144 e. The van der Waals surface area contributed by atoms with Crippen LogP contribution >= 0.6 is 0 Å². The Morgan fingerprint density at radius 3 is 2.61 bits per heavy atom. The van der Waals surface area contributed by atoms with Gasteiger partial charge < -0.3 is 15.7 Å². The van der Waals surface area contributed by atoms with Gasteiger partial charge in [-0.3, -0.25) is 4.90 Å². The lowest BCUT2D eigenvalue weighted by molar-refractivity contribution is 0.140. The second-order valence-electron chi connectivity index (χ2n) is 5.73. The van der Waals surface area contributed by atoms with Crippen molar-refractivity contribution in [2.45, 2.75) is 45.6 Å². The van der Waals surface area contributed by atoms with Gasteiger partial charge in [-0.15, -0.1) is 0 Å². The fraction of sp³-hybridized carbons (Fsp3) is 0.923. The summed E-state index contributed by atoms with van der Waals surface area (Å²) in [6, 6.07) is 0.757. The summed E-state index contributed by atoms with van der Waals surface area (Å²) in [5.41, 5.74) is 5.46. The van der Waals surface area contributed by atoms with Gasteiger partial charge in [0.2, 0.25) is 0 Å². The summed E-state index contributed by atoms with van der Waals surface area (Å²) in [5.74, 6) is 0.317. The molecule has 1 fully saturated rings. The Bertz CT molecular complexity index is 275. The Hall–Kier alpha value is -0.810. The highest BCUT2D eigenvalue weighted by Crippen LogP contribution is 2.28. The van der Waals surface area contributed by atoms with E-state index in [9.17, 15) is 0 Å². The third-order valence-corrected chi connectivity index (χ3v) is 3.69. The van der Waals surface area contributed by atoms with Gasteiger partial charge >= 0.3 is 0 Å². The number of hydrogen-bond acceptors (Lipinski definition) is 4. The van der Waals surface area contributed by atoms with Crippen LogP contribution in [0.5, 0.6) is 0 Å². The Kier molecular flexibility index (Phi) is 5.88. The van der Waals surface area contributed by atoms with Gasteiger partial charge in [0.25, 0.3) is 0 Å². The minimum absolute atomic E-state index is 0.231. The Labute approximate surface area is 110 Å². The van der Waals surface area contributed by atoms with Gasteiger partial charge in [0.15, 0.2) is 0 Å². The van der Waals surface area contributed by atoms with Crippen molar-refractivity contribution in [2.75, 3.05) is 26.8 Å². The van der Waals surface area contributed by atoms with Gasteiger partial charge in [0, 0.05) is 25.1 Å². The molecule has 0 aromatic carbocycles. The maximum absolute atomic E-state index is 8.73. The van der Waals surface area contributed by atoms with Crippen LogP contribution < -0.4 is 5.73 Å². The summed E-state index contributed by atoms with van der Waals surface area (Å²) >= 11 is 0. The number of oxime groups is 1. The Morgan fingerprint density at radius 2 is 2.11 bits per heavy atom. The molecule has 0 radical (unpaired) electrons. The first-order valence-corrected chi connectivity index (χ1v) is 6.72. The largest absolute Gasteiger partial charge is 0.409 e. The standard InChI is InChI=1S/C13H27N3O2/c1-13(2,12(14)15-17)7-4-8-16(9-10-18-3)11-5-6-11/h11,17H,4-10H2,1-3H3,(H2,14,15). The predicted molar refractivity (Wildman–Crippen MR) is 72.9 cm³/mol. The number of methoxy groups -OCH3 is 1. The molecular formula is C13H27N3O2. The van der Waals surface area contributed by atoms with Crippen LogP contribution in [0.1, 0.15) is 39.5 Å². The summed E-state index contributed by atoms with van der Waals surface area (Å²) in [5, 5.41) is 11.8. The Morgan fingerprint density at radius 1 is 1.44 bits per heavy atom. The van der Waals surface area contributed by atoms with E-state index in [1.165, 1.54) is 12.8 Å². The van der Waals surface area contributed by atoms with Gasteiger partial charge in [-0.1, -0.05) is 19.0 Å². The van der Waals surface area contributed by atoms with Gasteiger partial charge in [-0.2, -0.15) is 0 Å². The maximum atomic E-state index is 8.73. The summed E-state index contributed by atoms with van der Waals surface area (Å²) in [6.45, 7) is 6.89. The molecule has 106 valence electrons. The van der Waals surface area contributed by atoms with Crippen LogP contribution in [0.25, 0.3) is 0 Å². The van der Waals surface area contributed by atoms with E-state index >= 15 is 0 Å². The molecule has 1 rings (SSSR count). The molecule has 0 spiro atoms. The van der Waals surface area contributed by atoms with Crippen LogP contribution in [0.4, 0.5) is 0 Å². The molecule has 5 nitrogen and oxygen atoms in total. The smallest absolute Gasteiger partial charge is 0.144 e. The lowest BCUT2D eigenvalue weighted by Crippen LogP contribution is -2.34. The zero-order valence-electron chi connectivity index (χ0n) is 11.9. The van der Waals surface area contributed by atoms with Crippen molar-refractivity contribution in [3.63, 3.8) is 0 Å². The Balaban J connectivity index is 2.29. The number of amidine groups is 1. The molecule has 1 aliphatic rings. The second kappa shape index (κ2) is 6.95. The third-order valence-electron chi connectivity index (χ3n) is 3.69. The lowest BCUT2D eigenvalue weighted by atomic mass is 9.86. The van der Waals surface area contributed by atoms with Crippen LogP contribution in [0.2, 0.25) is 0 Å². The molecule has 0 aliphatic heterocycles. The van der Waals surface area contributed by atoms with Crippen LogP contribution in [0.3, 0.4) is 0 Å². The van der Waals surface area contributed by atoms with Gasteiger partial charge in [0.05, 0.1) is 6.61 Å². The van der Waals surface area contributed by atoms with E-state index in [1.54, 1.807) is 7.11 Å². The van der Waals surface area contributed by atoms with Crippen molar-refractivity contribution >= 4 is 5.84 Å². The zero-order valence-corrected chi connectivity index (χ0v) is 11.9. The number of nitrogens with zero attached hydrogens (tertiary/aromatic N) is 2. The third kappa shape index (κ3) is 4.82. The summed E-state index contributed by atoms with van der Waals surface area (Å²) < 4.78 is 5.14. The first-order chi connectivity index (χ1) is 8.51. The van der Waals surface area contributed by atoms with Crippen molar-refractivity contribution in [1.82, 2.24) is 4.90 Å². The molecule has 0 atom stereocenters. The highest BCUT2D eigenvalue weighted by Gasteiger charge is 2.29. The van der Waals surface area contributed by atoms with E-state index < -0.39 is 0 Å². The van der Waals surface area contributed by atoms with Crippen LogP contribution in [0, 0.1) is 5.41 Å². The first kappa shape index (κ1) is 15.2. The second-order valence-corrected chi connectivity index (χ2v) is 5.73. The number of ether oxygens (including phenoxy) is 1. The van der Waals surface area contributed by atoms with Crippen LogP contribution in [-0.2, 0) is 4.74 Å². The van der Waals surface area contributed by atoms with Crippen molar-refractivity contribution in [3.05, 3.63) is 0 Å². The van der Waals surface area contributed by atoms with E-state index in [0.717, 1.165) is 38.6 Å². The minimum atomic E-state index is -0.231. The summed E-state index contributed by atoms with van der Waals surface area (Å²) in [4.78, 5) is 2.49. The van der Waals surface area contributed by atoms with Gasteiger partial charge in [0.1, 0.15) is 5.84 Å². The molecule has 5 heteroatoms. The van der Waals surface area contributed by atoms with Crippen molar-refractivity contribution in [1.29, 1.82) is 0 Å². The quantitative estimate of drug-likeness (QED) is 0.285. The van der Waals surface area contributed by atoms with Gasteiger partial charge in [-0.05, 0) is 32.2 Å². The lowest BCUT2D eigenvalue weighted by Gasteiger charge is -2.26. The molecule has 1 saturated carbocycles. The van der Waals surface area contributed by atoms with E-state index in [2.05, 4.69) is 10.1 Å². The highest BCUT2D eigenvalue weighted by atomic mass is 16.5. The van der Waals surface area contributed by atoms with Crippen molar-refractivity contribution < 1.29 is 9.94 Å². The van der Waals surface area contributed by atoms with Crippen molar-refractivity contribution in [3.8, 4) is 0 Å². The van der Waals surface area contributed by atoms with E-state index in [-0.39, 0.29) is 5.41 Å². The summed E-state index contributed by atoms with van der Waals surface area (Å²) in [7, 11) is 1.74. The molecule has 0 amide bonds. The minimum Gasteiger partial charge on any atom is -0.409 e. The van der Waals surface area contributed by atoms with E-state index in [1.807, 2.05) is 13.8 Å². The predicted octanol–water partition coefficient (Wildman–Crippen LogP) is 1.65. The highest BCUT2D eigenvalue weighted by molar-refractivity contribution is 5.85. The van der Waals surface area contributed by atoms with E-state index in [4.69, 9.17) is 15.7 Å². The fourth-order valence-corrected chi connectivity index (χ4v) is 2.11. The SMILES string of the molecule is COCCN(CCCC(C)(C)C(N)=NO)C1CC1. The zero-order chi connectivity index (χ0) is 13.6. The summed E-state index contributed by atoms with van der Waals surface area (Å²) in [6.07, 6.45) is 4.61. The first-order valence-electron chi connectivity index (χ1n) is 6.72. The van der Waals surface area contributed by atoms with E-state index in [0.29, 0.717) is 5.84 Å². The molecule has 0 bridgehead atoms. The topological polar surface area (TPSA) is 71.1 Å². The number of rotatable bonds is 9. The average molecular weight is 257 g/mol. The molecule has 0 heterocycles. The van der Waals surface area contributed by atoms with Crippen LogP contribution in [0.15, 0.2) is 5.16 Å². The molecular weight excluding hydrogens is 230 g/mol. The van der Waals surface area contributed by atoms with Gasteiger partial charge in [-0.25, -0.2) is 0 Å². The fourth-order valence-electron chi connectivity index (χ4n) is 2.11. The molecule has 0 aromatic heterocycles. The molecule has 3 N–H and O–H groups in total. The molecule has 0 saturated heterocycles. The molecule has 1 aliphatic carbocycles. The molecule has 0 unspecified atom stereocenters. The normalized spacial score (nSPS) is 17.4. The van der Waals surface area contributed by atoms with Crippen LogP contribution in [-0.4, -0.2) is 48.8 Å². The number of hydrogen-bond donors (Lipinski definition) is 2. The van der Waals surface area contributed by atoms with Crippen molar-refractivity contribution in [2.24, 2.45) is 16.3 Å². The number of nitrogens with two attached hydrogens (primary N) is 1. The molecule has 0 aromatic rings. The monoisotopic (exact) mass is 257 g/mol. The average Bonchev–Trinajstić information content (AvgIpc) is 3.16.